The number of hydrogen-bond acceptors (Lipinski definition) is 5. The Morgan fingerprint density at radius 2 is 1.68 bits per heavy atom. The molecule has 1 aliphatic rings. The largest absolute Gasteiger partial charge is 0.496 e. The van der Waals surface area contributed by atoms with Gasteiger partial charge in [0.05, 0.1) is 25.9 Å². The molecule has 3 N–H and O–H groups in total. The predicted molar refractivity (Wildman–Crippen MR) is 106 cm³/mol. The van der Waals surface area contributed by atoms with E-state index in [9.17, 15) is 22.8 Å². The molecule has 1 heterocycles. The quantitative estimate of drug-likeness (QED) is 0.665. The zero-order valence-electron chi connectivity index (χ0n) is 16.9. The maximum atomic E-state index is 12.9. The number of carbonyl (C=O) groups excluding carboxylic acids is 2. The number of ether oxygens (including phenoxy) is 2. The number of imide groups is 1. The fourth-order valence-corrected chi connectivity index (χ4v) is 3.49. The van der Waals surface area contributed by atoms with Gasteiger partial charge in [-0.2, -0.15) is 13.2 Å². The van der Waals surface area contributed by atoms with Crippen molar-refractivity contribution in [1.29, 1.82) is 0 Å². The third kappa shape index (κ3) is 5.26. The van der Waals surface area contributed by atoms with Crippen molar-refractivity contribution in [3.05, 3.63) is 59.2 Å². The molecule has 1 aliphatic heterocycles. The number of rotatable bonds is 5. The molecule has 7 nitrogen and oxygen atoms in total. The lowest BCUT2D eigenvalue weighted by molar-refractivity contribution is -0.137. The Labute approximate surface area is 176 Å². The fourth-order valence-electron chi connectivity index (χ4n) is 3.49. The van der Waals surface area contributed by atoms with E-state index in [2.05, 4.69) is 16.0 Å². The zero-order valence-corrected chi connectivity index (χ0v) is 16.9. The third-order valence-corrected chi connectivity index (χ3v) is 4.95. The van der Waals surface area contributed by atoms with E-state index in [1.807, 2.05) is 0 Å². The van der Waals surface area contributed by atoms with Gasteiger partial charge in [0.1, 0.15) is 17.1 Å². The number of alkyl halides is 3. The average Bonchev–Trinajstić information content (AvgIpc) is 3.20. The summed E-state index contributed by atoms with van der Waals surface area (Å²) in [6.07, 6.45) is -3.92. The minimum atomic E-state index is -4.42. The molecular weight excluding hydrogens is 415 g/mol. The van der Waals surface area contributed by atoms with Gasteiger partial charge >= 0.3 is 12.2 Å². The molecule has 0 radical (unpaired) electrons. The lowest BCUT2D eigenvalue weighted by atomic mass is 10.0. The van der Waals surface area contributed by atoms with Crippen LogP contribution in [0.25, 0.3) is 0 Å². The number of amides is 3. The molecule has 166 valence electrons. The highest BCUT2D eigenvalue weighted by molar-refractivity contribution is 6.07. The van der Waals surface area contributed by atoms with Gasteiger partial charge in [0.2, 0.25) is 0 Å². The summed E-state index contributed by atoms with van der Waals surface area (Å²) in [5.41, 5.74) is -0.171. The van der Waals surface area contributed by atoms with E-state index in [-0.39, 0.29) is 23.1 Å². The number of halogens is 3. The molecule has 1 fully saturated rings. The van der Waals surface area contributed by atoms with Crippen molar-refractivity contribution in [3.63, 3.8) is 0 Å². The smallest absolute Gasteiger partial charge is 0.416 e. The van der Waals surface area contributed by atoms with E-state index in [0.717, 1.165) is 12.1 Å². The van der Waals surface area contributed by atoms with Gasteiger partial charge in [0.25, 0.3) is 5.91 Å². The van der Waals surface area contributed by atoms with Crippen LogP contribution in [-0.2, 0) is 6.18 Å². The van der Waals surface area contributed by atoms with E-state index in [4.69, 9.17) is 9.47 Å². The molecule has 1 saturated heterocycles. The van der Waals surface area contributed by atoms with Crippen molar-refractivity contribution in [1.82, 2.24) is 16.0 Å². The summed E-state index contributed by atoms with van der Waals surface area (Å²) < 4.78 is 49.1. The Balaban J connectivity index is 1.61. The van der Waals surface area contributed by atoms with Crippen LogP contribution in [0.3, 0.4) is 0 Å². The first kappa shape index (κ1) is 22.4. The highest BCUT2D eigenvalue weighted by atomic mass is 19.4. The van der Waals surface area contributed by atoms with Crippen molar-refractivity contribution in [2.45, 2.75) is 31.2 Å². The Hall–Kier alpha value is -3.27. The van der Waals surface area contributed by atoms with E-state index in [1.165, 1.54) is 20.3 Å². The summed E-state index contributed by atoms with van der Waals surface area (Å²) in [5, 5.41) is 7.91. The fraction of sp³-hybridized carbons (Fsp3) is 0.333. The Morgan fingerprint density at radius 3 is 2.29 bits per heavy atom. The Bertz CT molecular complexity index is 943. The maximum absolute atomic E-state index is 12.9. The van der Waals surface area contributed by atoms with Crippen molar-refractivity contribution in [2.24, 2.45) is 0 Å². The molecule has 3 rings (SSSR count). The van der Waals surface area contributed by atoms with Gasteiger partial charge in [0.15, 0.2) is 0 Å². The number of urea groups is 1. The van der Waals surface area contributed by atoms with Gasteiger partial charge in [-0.05, 0) is 42.7 Å². The molecule has 0 bridgehead atoms. The predicted octanol–water partition coefficient (Wildman–Crippen LogP) is 3.61. The van der Waals surface area contributed by atoms with Gasteiger partial charge in [-0.25, -0.2) is 4.79 Å². The topological polar surface area (TPSA) is 88.7 Å². The van der Waals surface area contributed by atoms with Gasteiger partial charge in [-0.15, -0.1) is 0 Å². The first-order chi connectivity index (χ1) is 14.7. The highest BCUT2D eigenvalue weighted by Gasteiger charge is 2.32. The summed E-state index contributed by atoms with van der Waals surface area (Å²) in [6, 6.07) is 8.74. The SMILES string of the molecule is COc1cccc(OC)c1C(=O)NC(=O)NC1CCC(c2cccc(C(F)(F)F)c2)N1. The van der Waals surface area contributed by atoms with E-state index in [0.29, 0.717) is 18.4 Å². The first-order valence-corrected chi connectivity index (χ1v) is 9.49. The van der Waals surface area contributed by atoms with Crippen LogP contribution in [0.4, 0.5) is 18.0 Å². The molecule has 2 aromatic carbocycles. The molecule has 10 heteroatoms. The van der Waals surface area contributed by atoms with Gasteiger partial charge in [-0.1, -0.05) is 18.2 Å². The summed E-state index contributed by atoms with van der Waals surface area (Å²) in [4.78, 5) is 24.8. The minimum Gasteiger partial charge on any atom is -0.496 e. The number of hydrogen-bond donors (Lipinski definition) is 3. The van der Waals surface area contributed by atoms with Crippen molar-refractivity contribution in [2.75, 3.05) is 14.2 Å². The van der Waals surface area contributed by atoms with Crippen LogP contribution in [0, 0.1) is 0 Å². The highest BCUT2D eigenvalue weighted by Crippen LogP contribution is 2.33. The molecule has 2 aromatic rings. The monoisotopic (exact) mass is 437 g/mol. The second-order valence-corrected chi connectivity index (χ2v) is 6.94. The van der Waals surface area contributed by atoms with Crippen LogP contribution < -0.4 is 25.4 Å². The molecular formula is C21H22F3N3O4. The van der Waals surface area contributed by atoms with Crippen molar-refractivity contribution >= 4 is 11.9 Å². The number of methoxy groups -OCH3 is 2. The van der Waals surface area contributed by atoms with Gasteiger partial charge in [-0.3, -0.25) is 15.4 Å². The molecule has 2 unspecified atom stereocenters. The summed E-state index contributed by atoms with van der Waals surface area (Å²) in [5.74, 6) is -0.222. The van der Waals surface area contributed by atoms with Gasteiger partial charge < -0.3 is 14.8 Å². The van der Waals surface area contributed by atoms with Crippen LogP contribution in [0.5, 0.6) is 11.5 Å². The summed E-state index contributed by atoms with van der Waals surface area (Å²) in [7, 11) is 2.78. The molecule has 2 atom stereocenters. The molecule has 0 aliphatic carbocycles. The van der Waals surface area contributed by atoms with Crippen LogP contribution >= 0.6 is 0 Å². The zero-order chi connectivity index (χ0) is 22.6. The Morgan fingerprint density at radius 1 is 1.03 bits per heavy atom. The summed E-state index contributed by atoms with van der Waals surface area (Å²) >= 11 is 0. The van der Waals surface area contributed by atoms with E-state index < -0.39 is 29.8 Å². The Kier molecular flexibility index (Phi) is 6.69. The standard InChI is InChI=1S/C21H22F3N3O4/c1-30-15-7-4-8-16(31-2)18(15)19(28)27-20(29)26-17-10-9-14(25-17)12-5-3-6-13(11-12)21(22,23)24/h3-8,11,14,17,25H,9-10H2,1-2H3,(H2,26,27,28,29). The maximum Gasteiger partial charge on any atom is 0.416 e. The van der Waals surface area contributed by atoms with Crippen molar-refractivity contribution < 1.29 is 32.2 Å². The van der Waals surface area contributed by atoms with E-state index in [1.54, 1.807) is 24.3 Å². The number of nitrogens with one attached hydrogen (secondary N) is 3. The molecule has 31 heavy (non-hydrogen) atoms. The van der Waals surface area contributed by atoms with E-state index >= 15 is 0 Å². The van der Waals surface area contributed by atoms with Crippen molar-refractivity contribution in [3.8, 4) is 11.5 Å². The number of benzene rings is 2. The summed E-state index contributed by atoms with van der Waals surface area (Å²) in [6.45, 7) is 0. The average molecular weight is 437 g/mol. The molecule has 0 saturated carbocycles. The second kappa shape index (κ2) is 9.25. The van der Waals surface area contributed by atoms with Crippen LogP contribution in [0.2, 0.25) is 0 Å². The van der Waals surface area contributed by atoms with Gasteiger partial charge in [0, 0.05) is 6.04 Å². The second-order valence-electron chi connectivity index (χ2n) is 6.94. The third-order valence-electron chi connectivity index (χ3n) is 4.95. The minimum absolute atomic E-state index is 0.0730. The first-order valence-electron chi connectivity index (χ1n) is 9.49. The normalized spacial score (nSPS) is 18.4. The lowest BCUT2D eigenvalue weighted by Gasteiger charge is -2.18. The molecule has 0 aromatic heterocycles. The number of carbonyl (C=O) groups is 2. The molecule has 3 amide bonds. The van der Waals surface area contributed by atoms with Crippen LogP contribution in [-0.4, -0.2) is 32.3 Å². The molecule has 0 spiro atoms. The van der Waals surface area contributed by atoms with Crippen LogP contribution in [0.1, 0.15) is 40.4 Å². The van der Waals surface area contributed by atoms with Crippen LogP contribution in [0.15, 0.2) is 42.5 Å². The lowest BCUT2D eigenvalue weighted by Crippen LogP contribution is -2.48.